The van der Waals surface area contributed by atoms with E-state index in [9.17, 15) is 9.59 Å². The van der Waals surface area contributed by atoms with Crippen molar-refractivity contribution in [3.05, 3.63) is 29.8 Å². The lowest BCUT2D eigenvalue weighted by molar-refractivity contribution is -0.122. The molecule has 0 unspecified atom stereocenters. The van der Waals surface area contributed by atoms with E-state index in [1.54, 1.807) is 12.1 Å². The van der Waals surface area contributed by atoms with Gasteiger partial charge >= 0.3 is 0 Å². The molecule has 2 rings (SSSR count). The highest BCUT2D eigenvalue weighted by atomic mass is 16.5. The van der Waals surface area contributed by atoms with E-state index in [0.29, 0.717) is 30.7 Å². The molecular formula is C15H20N2O3. The molecule has 0 aliphatic carbocycles. The topological polar surface area (TPSA) is 67.4 Å². The minimum Gasteiger partial charge on any atom is -0.490 e. The van der Waals surface area contributed by atoms with Crippen molar-refractivity contribution in [1.82, 2.24) is 10.6 Å². The van der Waals surface area contributed by atoms with Gasteiger partial charge in [-0.25, -0.2) is 0 Å². The number of benzene rings is 1. The molecule has 0 aromatic heterocycles. The van der Waals surface area contributed by atoms with Crippen molar-refractivity contribution in [2.24, 2.45) is 0 Å². The molecule has 0 saturated carbocycles. The lowest BCUT2D eigenvalue weighted by atomic mass is 10.1. The summed E-state index contributed by atoms with van der Waals surface area (Å²) in [5.41, 5.74) is 0.526. The van der Waals surface area contributed by atoms with Gasteiger partial charge in [0.25, 0.3) is 5.91 Å². The van der Waals surface area contributed by atoms with Gasteiger partial charge in [-0.1, -0.05) is 12.1 Å². The third kappa shape index (κ3) is 3.73. The van der Waals surface area contributed by atoms with Crippen LogP contribution in [0.4, 0.5) is 0 Å². The van der Waals surface area contributed by atoms with Crippen molar-refractivity contribution in [1.29, 1.82) is 0 Å². The first-order chi connectivity index (χ1) is 9.56. The molecule has 1 aliphatic rings. The van der Waals surface area contributed by atoms with E-state index in [1.165, 1.54) is 0 Å². The Labute approximate surface area is 118 Å². The maximum absolute atomic E-state index is 12.3. The molecular weight excluding hydrogens is 256 g/mol. The van der Waals surface area contributed by atoms with Crippen molar-refractivity contribution < 1.29 is 14.3 Å². The van der Waals surface area contributed by atoms with Crippen LogP contribution >= 0.6 is 0 Å². The summed E-state index contributed by atoms with van der Waals surface area (Å²) < 4.78 is 5.64. The molecule has 0 radical (unpaired) electrons. The van der Waals surface area contributed by atoms with Crippen molar-refractivity contribution in [3.63, 3.8) is 0 Å². The zero-order valence-electron chi connectivity index (χ0n) is 11.8. The van der Waals surface area contributed by atoms with E-state index in [1.807, 2.05) is 26.0 Å². The smallest absolute Gasteiger partial charge is 0.255 e. The fourth-order valence-corrected chi connectivity index (χ4v) is 2.13. The first-order valence-corrected chi connectivity index (χ1v) is 6.89. The number of amides is 2. The molecule has 1 aromatic rings. The predicted octanol–water partition coefficient (Wildman–Crippen LogP) is 1.48. The maximum atomic E-state index is 12.3. The number of ether oxygens (including phenoxy) is 1. The summed E-state index contributed by atoms with van der Waals surface area (Å²) in [7, 11) is 0. The molecule has 0 bridgehead atoms. The highest BCUT2D eigenvalue weighted by Gasteiger charge is 2.21. The van der Waals surface area contributed by atoms with E-state index in [2.05, 4.69) is 10.6 Å². The van der Waals surface area contributed by atoms with Gasteiger partial charge in [0.05, 0.1) is 11.7 Å². The van der Waals surface area contributed by atoms with Gasteiger partial charge in [0.1, 0.15) is 5.75 Å². The molecule has 1 fully saturated rings. The molecule has 1 aliphatic heterocycles. The average Bonchev–Trinajstić information content (AvgIpc) is 2.41. The van der Waals surface area contributed by atoms with Crippen LogP contribution in [0.2, 0.25) is 0 Å². The lowest BCUT2D eigenvalue weighted by Crippen LogP contribution is -2.47. The van der Waals surface area contributed by atoms with Crippen LogP contribution in [-0.4, -0.2) is 30.5 Å². The minimum atomic E-state index is -0.164. The van der Waals surface area contributed by atoms with Crippen molar-refractivity contribution in [2.45, 2.75) is 38.8 Å². The van der Waals surface area contributed by atoms with Gasteiger partial charge in [-0.2, -0.15) is 0 Å². The van der Waals surface area contributed by atoms with Gasteiger partial charge < -0.3 is 15.4 Å². The first kappa shape index (κ1) is 14.4. The van der Waals surface area contributed by atoms with Crippen LogP contribution in [0.3, 0.4) is 0 Å². The maximum Gasteiger partial charge on any atom is 0.255 e. The molecule has 1 atom stereocenters. The SMILES string of the molecule is CC(C)Oc1ccccc1C(=O)N[C@H]1CCC(=O)NC1. The Kier molecular flexibility index (Phi) is 4.61. The molecule has 1 heterocycles. The van der Waals surface area contributed by atoms with E-state index in [-0.39, 0.29) is 24.0 Å². The van der Waals surface area contributed by atoms with E-state index < -0.39 is 0 Å². The van der Waals surface area contributed by atoms with E-state index >= 15 is 0 Å². The summed E-state index contributed by atoms with van der Waals surface area (Å²) in [6.07, 6.45) is 1.14. The Morgan fingerprint density at radius 1 is 1.40 bits per heavy atom. The van der Waals surface area contributed by atoms with Gasteiger partial charge in [-0.15, -0.1) is 0 Å². The standard InChI is InChI=1S/C15H20N2O3/c1-10(2)20-13-6-4-3-5-12(13)15(19)17-11-7-8-14(18)16-9-11/h3-6,10-11H,7-9H2,1-2H3,(H,16,18)(H,17,19)/t11-/m0/s1. The summed E-state index contributed by atoms with van der Waals surface area (Å²) in [6, 6.07) is 7.17. The highest BCUT2D eigenvalue weighted by Crippen LogP contribution is 2.19. The Morgan fingerprint density at radius 3 is 2.80 bits per heavy atom. The van der Waals surface area contributed by atoms with Crippen molar-refractivity contribution in [3.8, 4) is 5.75 Å². The largest absolute Gasteiger partial charge is 0.490 e. The number of hydrogen-bond donors (Lipinski definition) is 2. The Morgan fingerprint density at radius 2 is 2.15 bits per heavy atom. The summed E-state index contributed by atoms with van der Waals surface area (Å²) in [6.45, 7) is 4.33. The minimum absolute atomic E-state index is 0.0120. The van der Waals surface area contributed by atoms with Crippen LogP contribution in [0.15, 0.2) is 24.3 Å². The number of carbonyl (C=O) groups excluding carboxylic acids is 2. The van der Waals surface area contributed by atoms with Gasteiger partial charge in [0.2, 0.25) is 5.91 Å². The molecule has 5 nitrogen and oxygen atoms in total. The molecule has 20 heavy (non-hydrogen) atoms. The monoisotopic (exact) mass is 276 g/mol. The zero-order chi connectivity index (χ0) is 14.5. The lowest BCUT2D eigenvalue weighted by Gasteiger charge is -2.24. The van der Waals surface area contributed by atoms with Gasteiger partial charge in [0.15, 0.2) is 0 Å². The second kappa shape index (κ2) is 6.41. The molecule has 1 aromatic carbocycles. The van der Waals surface area contributed by atoms with E-state index in [4.69, 9.17) is 4.74 Å². The predicted molar refractivity (Wildman–Crippen MR) is 75.7 cm³/mol. The zero-order valence-corrected chi connectivity index (χ0v) is 11.8. The Bertz CT molecular complexity index is 490. The van der Waals surface area contributed by atoms with Crippen LogP contribution in [0.1, 0.15) is 37.0 Å². The van der Waals surface area contributed by atoms with Gasteiger partial charge in [0, 0.05) is 19.0 Å². The average molecular weight is 276 g/mol. The second-order valence-electron chi connectivity index (χ2n) is 5.18. The number of nitrogens with one attached hydrogen (secondary N) is 2. The first-order valence-electron chi connectivity index (χ1n) is 6.89. The molecule has 2 amide bonds. The van der Waals surface area contributed by atoms with Gasteiger partial charge in [-0.05, 0) is 32.4 Å². The fourth-order valence-electron chi connectivity index (χ4n) is 2.13. The van der Waals surface area contributed by atoms with Gasteiger partial charge in [-0.3, -0.25) is 9.59 Å². The van der Waals surface area contributed by atoms with Crippen LogP contribution in [0.25, 0.3) is 0 Å². The van der Waals surface area contributed by atoms with Crippen LogP contribution in [0, 0.1) is 0 Å². The van der Waals surface area contributed by atoms with Crippen LogP contribution < -0.4 is 15.4 Å². The normalized spacial score (nSPS) is 18.6. The number of para-hydroxylation sites is 1. The number of carbonyl (C=O) groups is 2. The fraction of sp³-hybridized carbons (Fsp3) is 0.467. The second-order valence-corrected chi connectivity index (χ2v) is 5.18. The van der Waals surface area contributed by atoms with Crippen molar-refractivity contribution in [2.75, 3.05) is 6.54 Å². The molecule has 108 valence electrons. The highest BCUT2D eigenvalue weighted by molar-refractivity contribution is 5.97. The Balaban J connectivity index is 2.03. The molecule has 0 spiro atoms. The molecule has 5 heteroatoms. The molecule has 1 saturated heterocycles. The van der Waals surface area contributed by atoms with Crippen molar-refractivity contribution >= 4 is 11.8 Å². The van der Waals surface area contributed by atoms with Crippen LogP contribution in [-0.2, 0) is 4.79 Å². The third-order valence-electron chi connectivity index (χ3n) is 3.10. The quantitative estimate of drug-likeness (QED) is 0.875. The number of rotatable bonds is 4. The third-order valence-corrected chi connectivity index (χ3v) is 3.10. The Hall–Kier alpha value is -2.04. The summed E-state index contributed by atoms with van der Waals surface area (Å²) in [5, 5.41) is 5.69. The summed E-state index contributed by atoms with van der Waals surface area (Å²) >= 11 is 0. The summed E-state index contributed by atoms with van der Waals surface area (Å²) in [5.74, 6) is 0.460. The number of hydrogen-bond acceptors (Lipinski definition) is 3. The summed E-state index contributed by atoms with van der Waals surface area (Å²) in [4.78, 5) is 23.4. The molecule has 2 N–H and O–H groups in total. The van der Waals surface area contributed by atoms with Crippen LogP contribution in [0.5, 0.6) is 5.75 Å². The number of piperidine rings is 1. The van der Waals surface area contributed by atoms with E-state index in [0.717, 1.165) is 0 Å².